The molecule has 1 atom stereocenters. The molecule has 104 valence electrons. The highest BCUT2D eigenvalue weighted by atomic mass is 32.2. The number of carboxylic acids is 1. The second kappa shape index (κ2) is 6.43. The average molecular weight is 292 g/mol. The van der Waals surface area contributed by atoms with Crippen molar-refractivity contribution < 1.29 is 18.5 Å². The Morgan fingerprint density at radius 1 is 1.10 bits per heavy atom. The molecule has 1 N–H and O–H groups in total. The van der Waals surface area contributed by atoms with Gasteiger partial charge in [-0.25, -0.2) is 9.18 Å². The van der Waals surface area contributed by atoms with E-state index in [-0.39, 0.29) is 22.9 Å². The second-order valence-electron chi connectivity index (χ2n) is 4.33. The minimum Gasteiger partial charge on any atom is -0.478 e. The number of benzene rings is 2. The molecule has 5 heteroatoms. The molecule has 0 bridgehead atoms. The predicted octanol–water partition coefficient (Wildman–Crippen LogP) is 2.97. The first kappa shape index (κ1) is 14.4. The van der Waals surface area contributed by atoms with E-state index < -0.39 is 16.8 Å². The third-order valence-corrected chi connectivity index (χ3v) is 4.06. The largest absolute Gasteiger partial charge is 0.478 e. The van der Waals surface area contributed by atoms with Crippen LogP contribution in [0.25, 0.3) is 0 Å². The SMILES string of the molecule is O=C(O)c1cccc(CS(=O)Cc2ccccc2F)c1. The molecule has 0 radical (unpaired) electrons. The zero-order valence-electron chi connectivity index (χ0n) is 10.6. The quantitative estimate of drug-likeness (QED) is 0.921. The summed E-state index contributed by atoms with van der Waals surface area (Å²) >= 11 is 0. The van der Waals surface area contributed by atoms with E-state index in [4.69, 9.17) is 5.11 Å². The molecular formula is C15H13FO3S. The van der Waals surface area contributed by atoms with E-state index >= 15 is 0 Å². The van der Waals surface area contributed by atoms with E-state index in [1.807, 2.05) is 0 Å². The Morgan fingerprint density at radius 2 is 1.85 bits per heavy atom. The van der Waals surface area contributed by atoms with Crippen molar-refractivity contribution in [3.8, 4) is 0 Å². The van der Waals surface area contributed by atoms with Crippen LogP contribution < -0.4 is 0 Å². The number of carbonyl (C=O) groups is 1. The maximum Gasteiger partial charge on any atom is 0.335 e. The smallest absolute Gasteiger partial charge is 0.335 e. The van der Waals surface area contributed by atoms with Crippen LogP contribution in [0.15, 0.2) is 48.5 Å². The van der Waals surface area contributed by atoms with Gasteiger partial charge >= 0.3 is 5.97 Å². The van der Waals surface area contributed by atoms with Crippen LogP contribution in [0.1, 0.15) is 21.5 Å². The number of aromatic carboxylic acids is 1. The van der Waals surface area contributed by atoms with Crippen LogP contribution >= 0.6 is 0 Å². The molecule has 0 fully saturated rings. The van der Waals surface area contributed by atoms with Crippen molar-refractivity contribution in [2.24, 2.45) is 0 Å². The monoisotopic (exact) mass is 292 g/mol. The zero-order valence-corrected chi connectivity index (χ0v) is 11.4. The van der Waals surface area contributed by atoms with Crippen LogP contribution in [-0.4, -0.2) is 15.3 Å². The molecule has 3 nitrogen and oxygen atoms in total. The van der Waals surface area contributed by atoms with Crippen LogP contribution in [0.3, 0.4) is 0 Å². The Labute approximate surface area is 118 Å². The number of hydrogen-bond acceptors (Lipinski definition) is 2. The van der Waals surface area contributed by atoms with E-state index in [1.165, 1.54) is 18.2 Å². The fraction of sp³-hybridized carbons (Fsp3) is 0.133. The number of carboxylic acid groups (broad SMARTS) is 1. The van der Waals surface area contributed by atoms with Crippen molar-refractivity contribution in [1.82, 2.24) is 0 Å². The van der Waals surface area contributed by atoms with Gasteiger partial charge in [-0.1, -0.05) is 30.3 Å². The Balaban J connectivity index is 2.07. The van der Waals surface area contributed by atoms with E-state index in [0.717, 1.165) is 0 Å². The lowest BCUT2D eigenvalue weighted by Gasteiger charge is -2.05. The van der Waals surface area contributed by atoms with Gasteiger partial charge in [-0.15, -0.1) is 0 Å². The maximum absolute atomic E-state index is 13.4. The zero-order chi connectivity index (χ0) is 14.5. The van der Waals surface area contributed by atoms with E-state index in [9.17, 15) is 13.4 Å². The highest BCUT2D eigenvalue weighted by Crippen LogP contribution is 2.13. The number of rotatable bonds is 5. The van der Waals surface area contributed by atoms with Crippen molar-refractivity contribution in [1.29, 1.82) is 0 Å². The maximum atomic E-state index is 13.4. The molecule has 0 aromatic heterocycles. The highest BCUT2D eigenvalue weighted by Gasteiger charge is 2.09. The summed E-state index contributed by atoms with van der Waals surface area (Å²) < 4.78 is 25.5. The summed E-state index contributed by atoms with van der Waals surface area (Å²) in [5.74, 6) is -1.08. The molecule has 20 heavy (non-hydrogen) atoms. The van der Waals surface area contributed by atoms with Gasteiger partial charge < -0.3 is 5.11 Å². The topological polar surface area (TPSA) is 54.4 Å². The van der Waals surface area contributed by atoms with Crippen molar-refractivity contribution in [3.63, 3.8) is 0 Å². The molecule has 0 aliphatic heterocycles. The standard InChI is InChI=1S/C15H13FO3S/c16-14-7-2-1-5-13(14)10-20(19)9-11-4-3-6-12(8-11)15(17)18/h1-8H,9-10H2,(H,17,18). The van der Waals surface area contributed by atoms with Gasteiger partial charge in [0, 0.05) is 22.1 Å². The van der Waals surface area contributed by atoms with Crippen LogP contribution in [0.4, 0.5) is 4.39 Å². The molecule has 0 saturated carbocycles. The third-order valence-electron chi connectivity index (χ3n) is 2.78. The summed E-state index contributed by atoms with van der Waals surface area (Å²) in [6.07, 6.45) is 0. The molecule has 2 rings (SSSR count). The van der Waals surface area contributed by atoms with Gasteiger partial charge in [0.1, 0.15) is 5.82 Å². The molecule has 0 spiro atoms. The van der Waals surface area contributed by atoms with E-state index in [1.54, 1.807) is 30.3 Å². The fourth-order valence-electron chi connectivity index (χ4n) is 1.82. The number of hydrogen-bond donors (Lipinski definition) is 1. The van der Waals surface area contributed by atoms with Crippen molar-refractivity contribution in [3.05, 3.63) is 71.0 Å². The molecule has 0 saturated heterocycles. The van der Waals surface area contributed by atoms with Gasteiger partial charge in [-0.2, -0.15) is 0 Å². The first-order valence-corrected chi connectivity index (χ1v) is 7.45. The van der Waals surface area contributed by atoms with Gasteiger partial charge in [-0.05, 0) is 23.8 Å². The van der Waals surface area contributed by atoms with Crippen LogP contribution in [0.5, 0.6) is 0 Å². The van der Waals surface area contributed by atoms with Gasteiger partial charge in [-0.3, -0.25) is 4.21 Å². The third kappa shape index (κ3) is 3.74. The van der Waals surface area contributed by atoms with E-state index in [0.29, 0.717) is 11.1 Å². The van der Waals surface area contributed by atoms with Gasteiger partial charge in [0.25, 0.3) is 0 Å². The summed E-state index contributed by atoms with van der Waals surface area (Å²) in [5.41, 5.74) is 1.23. The minimum atomic E-state index is -1.29. The Morgan fingerprint density at radius 3 is 2.55 bits per heavy atom. The summed E-state index contributed by atoms with van der Waals surface area (Å²) in [5, 5.41) is 8.89. The summed E-state index contributed by atoms with van der Waals surface area (Å²) in [6, 6.07) is 12.5. The Hall–Kier alpha value is -2.01. The van der Waals surface area contributed by atoms with Crippen molar-refractivity contribution >= 4 is 16.8 Å². The first-order valence-electron chi connectivity index (χ1n) is 5.97. The molecule has 0 aliphatic rings. The Kier molecular flexibility index (Phi) is 4.63. The highest BCUT2D eigenvalue weighted by molar-refractivity contribution is 7.83. The number of halogens is 1. The second-order valence-corrected chi connectivity index (χ2v) is 5.78. The van der Waals surface area contributed by atoms with Gasteiger partial charge in [0.15, 0.2) is 0 Å². The summed E-state index contributed by atoms with van der Waals surface area (Å²) in [7, 11) is -1.29. The normalized spacial score (nSPS) is 12.1. The molecule has 2 aromatic rings. The molecule has 0 amide bonds. The van der Waals surface area contributed by atoms with Crippen LogP contribution in [0, 0.1) is 5.82 Å². The summed E-state index contributed by atoms with van der Waals surface area (Å²) in [4.78, 5) is 10.8. The predicted molar refractivity (Wildman–Crippen MR) is 75.4 cm³/mol. The lowest BCUT2D eigenvalue weighted by molar-refractivity contribution is 0.0696. The van der Waals surface area contributed by atoms with Crippen molar-refractivity contribution in [2.75, 3.05) is 0 Å². The molecular weight excluding hydrogens is 279 g/mol. The van der Waals surface area contributed by atoms with Crippen molar-refractivity contribution in [2.45, 2.75) is 11.5 Å². The molecule has 1 unspecified atom stereocenters. The fourth-order valence-corrected chi connectivity index (χ4v) is 3.05. The Bertz CT molecular complexity index is 655. The van der Waals surface area contributed by atoms with Crippen LogP contribution in [-0.2, 0) is 22.3 Å². The average Bonchev–Trinajstić information content (AvgIpc) is 2.41. The van der Waals surface area contributed by atoms with Crippen LogP contribution in [0.2, 0.25) is 0 Å². The van der Waals surface area contributed by atoms with E-state index in [2.05, 4.69) is 0 Å². The molecule has 0 heterocycles. The minimum absolute atomic E-state index is 0.115. The first-order chi connectivity index (χ1) is 9.56. The lowest BCUT2D eigenvalue weighted by atomic mass is 10.1. The van der Waals surface area contributed by atoms with Gasteiger partial charge in [0.05, 0.1) is 11.3 Å². The molecule has 2 aromatic carbocycles. The van der Waals surface area contributed by atoms with Gasteiger partial charge in [0.2, 0.25) is 0 Å². The summed E-state index contributed by atoms with van der Waals surface area (Å²) in [6.45, 7) is 0. The lowest BCUT2D eigenvalue weighted by Crippen LogP contribution is -2.03. The molecule has 0 aliphatic carbocycles.